The fourth-order valence-corrected chi connectivity index (χ4v) is 1.34. The Morgan fingerprint density at radius 3 is 3.07 bits per heavy atom. The number of halogens is 1. The topological polar surface area (TPSA) is 21.8 Å². The van der Waals surface area contributed by atoms with Gasteiger partial charge in [-0.1, -0.05) is 24.3 Å². The minimum Gasteiger partial charge on any atom is -0.490 e. The molecule has 0 bridgehead atoms. The lowest BCUT2D eigenvalue weighted by Gasteiger charge is -2.07. The van der Waals surface area contributed by atoms with Gasteiger partial charge >= 0.3 is 0 Å². The van der Waals surface area contributed by atoms with E-state index < -0.39 is 0 Å². The molecule has 1 saturated heterocycles. The first-order valence-corrected chi connectivity index (χ1v) is 4.84. The van der Waals surface area contributed by atoms with Gasteiger partial charge in [-0.15, -0.1) is 0 Å². The number of ether oxygens (including phenoxy) is 2. The van der Waals surface area contributed by atoms with Gasteiger partial charge in [0.2, 0.25) is 0 Å². The first-order chi connectivity index (χ1) is 6.79. The molecule has 0 aromatic heterocycles. The van der Waals surface area contributed by atoms with Crippen LogP contribution in [0.3, 0.4) is 0 Å². The molecule has 2 nitrogen and oxygen atoms in total. The maximum atomic E-state index is 5.84. The van der Waals surface area contributed by atoms with Crippen LogP contribution in [0.4, 0.5) is 0 Å². The third-order valence-corrected chi connectivity index (χ3v) is 2.25. The summed E-state index contributed by atoms with van der Waals surface area (Å²) < 4.78 is 10.6. The number of hydrogen-bond donors (Lipinski definition) is 0. The zero-order valence-corrected chi connectivity index (χ0v) is 8.46. The first kappa shape index (κ1) is 9.56. The van der Waals surface area contributed by atoms with Crippen molar-refractivity contribution >= 4 is 17.7 Å². The van der Waals surface area contributed by atoms with Crippen LogP contribution in [0.2, 0.25) is 5.02 Å². The fourth-order valence-electron chi connectivity index (χ4n) is 1.16. The second-order valence-electron chi connectivity index (χ2n) is 3.15. The van der Waals surface area contributed by atoms with Crippen molar-refractivity contribution in [2.24, 2.45) is 0 Å². The van der Waals surface area contributed by atoms with E-state index in [1.807, 2.05) is 12.1 Å². The Balaban J connectivity index is 2.09. The Morgan fingerprint density at radius 2 is 2.43 bits per heavy atom. The lowest BCUT2D eigenvalue weighted by Crippen LogP contribution is -2.04. The number of rotatable bonds is 4. The maximum absolute atomic E-state index is 5.84. The van der Waals surface area contributed by atoms with E-state index in [1.165, 1.54) is 0 Å². The summed E-state index contributed by atoms with van der Waals surface area (Å²) in [6.07, 6.45) is 2.00. The van der Waals surface area contributed by atoms with Crippen LogP contribution in [0.25, 0.3) is 6.08 Å². The molecule has 74 valence electrons. The molecule has 0 N–H and O–H groups in total. The molecule has 0 spiro atoms. The molecule has 3 heteroatoms. The lowest BCUT2D eigenvalue weighted by molar-refractivity contribution is 0.262. The SMILES string of the molecule is C=Cc1cc(Cl)ccc1OCC1CO1. The van der Waals surface area contributed by atoms with Crippen LogP contribution in [0.5, 0.6) is 5.75 Å². The van der Waals surface area contributed by atoms with Crippen LogP contribution in [-0.4, -0.2) is 19.3 Å². The molecule has 0 saturated carbocycles. The Hall–Kier alpha value is -0.990. The quantitative estimate of drug-likeness (QED) is 0.713. The van der Waals surface area contributed by atoms with Crippen LogP contribution in [0, 0.1) is 0 Å². The summed E-state index contributed by atoms with van der Waals surface area (Å²) in [6, 6.07) is 5.48. The largest absolute Gasteiger partial charge is 0.490 e. The minimum atomic E-state index is 0.267. The van der Waals surface area contributed by atoms with Crippen molar-refractivity contribution in [1.82, 2.24) is 0 Å². The summed E-state index contributed by atoms with van der Waals surface area (Å²) in [5.74, 6) is 0.805. The standard InChI is InChI=1S/C11H11ClO2/c1-2-8-5-9(12)3-4-11(8)14-7-10-6-13-10/h2-5,10H,1,6-7H2. The van der Waals surface area contributed by atoms with E-state index in [9.17, 15) is 0 Å². The molecule has 2 rings (SSSR count). The van der Waals surface area contributed by atoms with Gasteiger partial charge in [0.05, 0.1) is 6.61 Å². The Kier molecular flexibility index (Phi) is 2.75. The minimum absolute atomic E-state index is 0.267. The van der Waals surface area contributed by atoms with Gasteiger partial charge in [-0.2, -0.15) is 0 Å². The number of hydrogen-bond acceptors (Lipinski definition) is 2. The van der Waals surface area contributed by atoms with Crippen LogP contribution in [-0.2, 0) is 4.74 Å². The third-order valence-electron chi connectivity index (χ3n) is 2.02. The van der Waals surface area contributed by atoms with E-state index in [0.717, 1.165) is 17.9 Å². The molecule has 1 aromatic carbocycles. The maximum Gasteiger partial charge on any atom is 0.126 e. The van der Waals surface area contributed by atoms with E-state index in [4.69, 9.17) is 21.1 Å². The fraction of sp³-hybridized carbons (Fsp3) is 0.273. The summed E-state index contributed by atoms with van der Waals surface area (Å²) in [5, 5.41) is 0.690. The average molecular weight is 211 g/mol. The van der Waals surface area contributed by atoms with Crippen LogP contribution < -0.4 is 4.74 Å². The molecule has 14 heavy (non-hydrogen) atoms. The molecule has 0 radical (unpaired) electrons. The molecule has 1 aromatic rings. The third kappa shape index (κ3) is 2.28. The van der Waals surface area contributed by atoms with Crippen LogP contribution >= 0.6 is 11.6 Å². The summed E-state index contributed by atoms with van der Waals surface area (Å²) in [5.41, 5.74) is 0.915. The molecular formula is C11H11ClO2. The summed E-state index contributed by atoms with van der Waals surface area (Å²) in [4.78, 5) is 0. The summed E-state index contributed by atoms with van der Waals surface area (Å²) >= 11 is 5.84. The molecule has 1 fully saturated rings. The van der Waals surface area contributed by atoms with Crippen molar-refractivity contribution in [1.29, 1.82) is 0 Å². The van der Waals surface area contributed by atoms with Crippen molar-refractivity contribution in [3.8, 4) is 5.75 Å². The normalized spacial score (nSPS) is 19.1. The molecule has 0 amide bonds. The van der Waals surface area contributed by atoms with E-state index >= 15 is 0 Å². The second-order valence-corrected chi connectivity index (χ2v) is 3.59. The van der Waals surface area contributed by atoms with Gasteiger partial charge in [-0.05, 0) is 18.2 Å². The van der Waals surface area contributed by atoms with Gasteiger partial charge in [0.15, 0.2) is 0 Å². The number of benzene rings is 1. The van der Waals surface area contributed by atoms with Gasteiger partial charge in [-0.25, -0.2) is 0 Å². The van der Waals surface area contributed by atoms with E-state index in [2.05, 4.69) is 6.58 Å². The zero-order chi connectivity index (χ0) is 9.97. The van der Waals surface area contributed by atoms with Crippen molar-refractivity contribution in [3.05, 3.63) is 35.4 Å². The molecule has 1 aliphatic rings. The molecule has 1 atom stereocenters. The molecule has 0 aliphatic carbocycles. The van der Waals surface area contributed by atoms with Gasteiger partial charge in [0, 0.05) is 10.6 Å². The van der Waals surface area contributed by atoms with Gasteiger partial charge in [0.1, 0.15) is 18.5 Å². The Labute approximate surface area is 88.1 Å². The highest BCUT2D eigenvalue weighted by atomic mass is 35.5. The summed E-state index contributed by atoms with van der Waals surface area (Å²) in [7, 11) is 0. The van der Waals surface area contributed by atoms with Gasteiger partial charge < -0.3 is 9.47 Å². The highest BCUT2D eigenvalue weighted by Crippen LogP contribution is 2.24. The first-order valence-electron chi connectivity index (χ1n) is 4.46. The molecular weight excluding hydrogens is 200 g/mol. The predicted octanol–water partition coefficient (Wildman–Crippen LogP) is 2.76. The summed E-state index contributed by atoms with van der Waals surface area (Å²) in [6.45, 7) is 5.11. The van der Waals surface area contributed by atoms with Gasteiger partial charge in [-0.3, -0.25) is 0 Å². The predicted molar refractivity (Wildman–Crippen MR) is 56.8 cm³/mol. The van der Waals surface area contributed by atoms with Crippen molar-refractivity contribution in [2.75, 3.05) is 13.2 Å². The second kappa shape index (κ2) is 4.03. The highest BCUT2D eigenvalue weighted by Gasteiger charge is 2.23. The highest BCUT2D eigenvalue weighted by molar-refractivity contribution is 6.30. The number of epoxide rings is 1. The Morgan fingerprint density at radius 1 is 1.64 bits per heavy atom. The van der Waals surface area contributed by atoms with Crippen molar-refractivity contribution < 1.29 is 9.47 Å². The molecule has 1 aliphatic heterocycles. The van der Waals surface area contributed by atoms with E-state index in [0.29, 0.717) is 11.6 Å². The molecule has 1 heterocycles. The van der Waals surface area contributed by atoms with E-state index in [1.54, 1.807) is 12.1 Å². The van der Waals surface area contributed by atoms with Crippen LogP contribution in [0.15, 0.2) is 24.8 Å². The monoisotopic (exact) mass is 210 g/mol. The smallest absolute Gasteiger partial charge is 0.126 e. The van der Waals surface area contributed by atoms with Crippen molar-refractivity contribution in [3.63, 3.8) is 0 Å². The molecule has 1 unspecified atom stereocenters. The lowest BCUT2D eigenvalue weighted by atomic mass is 10.2. The Bertz CT molecular complexity index is 345. The average Bonchev–Trinajstić information content (AvgIpc) is 2.99. The van der Waals surface area contributed by atoms with Crippen LogP contribution in [0.1, 0.15) is 5.56 Å². The zero-order valence-electron chi connectivity index (χ0n) is 7.70. The van der Waals surface area contributed by atoms with Gasteiger partial charge in [0.25, 0.3) is 0 Å². The van der Waals surface area contributed by atoms with Crippen molar-refractivity contribution in [2.45, 2.75) is 6.10 Å². The van der Waals surface area contributed by atoms with E-state index in [-0.39, 0.29) is 6.10 Å².